The van der Waals surface area contributed by atoms with E-state index in [4.69, 9.17) is 4.74 Å². The van der Waals surface area contributed by atoms with E-state index in [1.807, 2.05) is 42.5 Å². The summed E-state index contributed by atoms with van der Waals surface area (Å²) in [6, 6.07) is 19.8. The third-order valence-electron chi connectivity index (χ3n) is 4.43. The van der Waals surface area contributed by atoms with Crippen LogP contribution in [0.2, 0.25) is 0 Å². The summed E-state index contributed by atoms with van der Waals surface area (Å²) in [5.41, 5.74) is -0.336. The maximum Gasteiger partial charge on any atom is 0.241 e. The Morgan fingerprint density at radius 1 is 1.00 bits per heavy atom. The van der Waals surface area contributed by atoms with Crippen LogP contribution in [0.3, 0.4) is 0 Å². The Bertz CT molecular complexity index is 1020. The summed E-state index contributed by atoms with van der Waals surface area (Å²) in [4.78, 5) is 0.209. The highest BCUT2D eigenvalue weighted by Crippen LogP contribution is 2.23. The molecule has 142 valence electrons. The zero-order valence-corrected chi connectivity index (χ0v) is 16.2. The summed E-state index contributed by atoms with van der Waals surface area (Å²) in [6.07, 6.45) is 0.315. The van der Waals surface area contributed by atoms with Gasteiger partial charge in [0.1, 0.15) is 5.75 Å². The molecule has 0 amide bonds. The first-order chi connectivity index (χ1) is 12.8. The van der Waals surface area contributed by atoms with Gasteiger partial charge in [-0.25, -0.2) is 13.1 Å². The molecule has 0 aliphatic rings. The highest BCUT2D eigenvalue weighted by molar-refractivity contribution is 7.89. The van der Waals surface area contributed by atoms with Gasteiger partial charge in [-0.2, -0.15) is 0 Å². The highest BCUT2D eigenvalue weighted by atomic mass is 32.2. The lowest BCUT2D eigenvalue weighted by atomic mass is 9.97. The molecule has 0 heterocycles. The Hall–Kier alpha value is -2.41. The smallest absolute Gasteiger partial charge is 0.241 e. The molecule has 27 heavy (non-hydrogen) atoms. The van der Waals surface area contributed by atoms with E-state index in [1.165, 1.54) is 0 Å². The van der Waals surface area contributed by atoms with Crippen LogP contribution in [0.4, 0.5) is 0 Å². The molecule has 0 aliphatic carbocycles. The van der Waals surface area contributed by atoms with Crippen LogP contribution in [-0.2, 0) is 16.4 Å². The quantitative estimate of drug-likeness (QED) is 0.655. The molecule has 1 unspecified atom stereocenters. The average Bonchev–Trinajstić information content (AvgIpc) is 2.66. The van der Waals surface area contributed by atoms with Gasteiger partial charge in [-0.1, -0.05) is 48.5 Å². The third-order valence-corrected chi connectivity index (χ3v) is 5.89. The molecule has 0 bridgehead atoms. The fourth-order valence-electron chi connectivity index (χ4n) is 3.00. The van der Waals surface area contributed by atoms with Gasteiger partial charge < -0.3 is 9.84 Å². The number of aliphatic hydroxyl groups is 1. The molecule has 1 atom stereocenters. The van der Waals surface area contributed by atoms with E-state index in [0.717, 1.165) is 16.7 Å². The summed E-state index contributed by atoms with van der Waals surface area (Å²) in [5, 5.41) is 12.2. The van der Waals surface area contributed by atoms with Crippen LogP contribution in [0, 0.1) is 0 Å². The molecule has 3 aromatic carbocycles. The van der Waals surface area contributed by atoms with Crippen molar-refractivity contribution in [2.75, 3.05) is 13.7 Å². The minimum absolute atomic E-state index is 0.0927. The van der Waals surface area contributed by atoms with Crippen molar-refractivity contribution < 1.29 is 18.3 Å². The number of nitrogens with one attached hydrogen (secondary N) is 1. The monoisotopic (exact) mass is 385 g/mol. The zero-order chi connectivity index (χ0) is 19.5. The van der Waals surface area contributed by atoms with E-state index in [2.05, 4.69) is 4.72 Å². The van der Waals surface area contributed by atoms with E-state index in [1.54, 1.807) is 38.3 Å². The SMILES string of the molecule is COc1ccc(CC(C)(O)CNS(=O)(=O)c2cccc3ccccc23)cc1. The Labute approximate surface area is 159 Å². The highest BCUT2D eigenvalue weighted by Gasteiger charge is 2.25. The summed E-state index contributed by atoms with van der Waals surface area (Å²) in [6.45, 7) is 1.52. The molecule has 3 aromatic rings. The summed E-state index contributed by atoms with van der Waals surface area (Å²) >= 11 is 0. The topological polar surface area (TPSA) is 75.6 Å². The first-order valence-corrected chi connectivity index (χ1v) is 10.1. The van der Waals surface area contributed by atoms with Gasteiger partial charge >= 0.3 is 0 Å². The van der Waals surface area contributed by atoms with E-state index in [0.29, 0.717) is 11.8 Å². The van der Waals surface area contributed by atoms with Crippen molar-refractivity contribution in [3.63, 3.8) is 0 Å². The first kappa shape index (κ1) is 19.4. The number of hydrogen-bond donors (Lipinski definition) is 2. The molecular formula is C21H23NO4S. The van der Waals surface area contributed by atoms with Crippen LogP contribution < -0.4 is 9.46 Å². The minimum atomic E-state index is -3.75. The first-order valence-electron chi connectivity index (χ1n) is 8.63. The fourth-order valence-corrected chi connectivity index (χ4v) is 4.39. The van der Waals surface area contributed by atoms with Gasteiger partial charge in [0.05, 0.1) is 17.6 Å². The lowest BCUT2D eigenvalue weighted by molar-refractivity contribution is 0.0657. The molecule has 3 rings (SSSR count). The maximum absolute atomic E-state index is 12.8. The number of benzene rings is 3. The van der Waals surface area contributed by atoms with Gasteiger partial charge in [0.25, 0.3) is 0 Å². The Morgan fingerprint density at radius 3 is 2.37 bits per heavy atom. The predicted octanol–water partition coefficient (Wildman–Crippen LogP) is 3.12. The van der Waals surface area contributed by atoms with Crippen LogP contribution >= 0.6 is 0 Å². The molecule has 0 fully saturated rings. The second kappa shape index (κ2) is 7.68. The molecule has 0 saturated heterocycles. The summed E-state index contributed by atoms with van der Waals surface area (Å²) in [7, 11) is -2.16. The summed E-state index contributed by atoms with van der Waals surface area (Å²) in [5.74, 6) is 0.732. The molecule has 0 aliphatic heterocycles. The van der Waals surface area contributed by atoms with Crippen molar-refractivity contribution in [3.8, 4) is 5.75 Å². The Morgan fingerprint density at radius 2 is 1.67 bits per heavy atom. The van der Waals surface area contributed by atoms with Crippen molar-refractivity contribution in [3.05, 3.63) is 72.3 Å². The standard InChI is InChI=1S/C21H23NO4S/c1-21(23,14-16-10-12-18(26-2)13-11-16)15-22-27(24,25)20-9-5-7-17-6-3-4-8-19(17)20/h3-13,22-23H,14-15H2,1-2H3. The lowest BCUT2D eigenvalue weighted by Crippen LogP contribution is -2.42. The van der Waals surface area contributed by atoms with Crippen molar-refractivity contribution in [2.24, 2.45) is 0 Å². The molecule has 2 N–H and O–H groups in total. The van der Waals surface area contributed by atoms with Gasteiger partial charge in [0.15, 0.2) is 0 Å². The van der Waals surface area contributed by atoms with Crippen LogP contribution in [-0.4, -0.2) is 32.8 Å². The minimum Gasteiger partial charge on any atom is -0.497 e. The zero-order valence-electron chi connectivity index (χ0n) is 15.3. The second-order valence-electron chi connectivity index (χ2n) is 6.82. The van der Waals surface area contributed by atoms with Crippen molar-refractivity contribution >= 4 is 20.8 Å². The van der Waals surface area contributed by atoms with Gasteiger partial charge in [0, 0.05) is 18.4 Å². The second-order valence-corrected chi connectivity index (χ2v) is 8.56. The van der Waals surface area contributed by atoms with Crippen molar-refractivity contribution in [1.82, 2.24) is 4.72 Å². The van der Waals surface area contributed by atoms with Crippen LogP contribution in [0.25, 0.3) is 10.8 Å². The van der Waals surface area contributed by atoms with Crippen LogP contribution in [0.5, 0.6) is 5.75 Å². The normalized spacial score (nSPS) is 14.0. The third kappa shape index (κ3) is 4.66. The number of fused-ring (bicyclic) bond motifs is 1. The van der Waals surface area contributed by atoms with Crippen LogP contribution in [0.1, 0.15) is 12.5 Å². The van der Waals surface area contributed by atoms with Crippen molar-refractivity contribution in [2.45, 2.75) is 23.8 Å². The molecular weight excluding hydrogens is 362 g/mol. The number of hydrogen-bond acceptors (Lipinski definition) is 4. The average molecular weight is 385 g/mol. The van der Waals surface area contributed by atoms with E-state index >= 15 is 0 Å². The number of methoxy groups -OCH3 is 1. The van der Waals surface area contributed by atoms with E-state index < -0.39 is 15.6 Å². The van der Waals surface area contributed by atoms with Crippen LogP contribution in [0.15, 0.2) is 71.6 Å². The van der Waals surface area contributed by atoms with Gasteiger partial charge in [-0.15, -0.1) is 0 Å². The summed E-state index contributed by atoms with van der Waals surface area (Å²) < 4.78 is 33.2. The molecule has 0 saturated carbocycles. The Kier molecular flexibility index (Phi) is 5.51. The fraction of sp³-hybridized carbons (Fsp3) is 0.238. The maximum atomic E-state index is 12.8. The largest absolute Gasteiger partial charge is 0.497 e. The van der Waals surface area contributed by atoms with Gasteiger partial charge in [0.2, 0.25) is 10.0 Å². The molecule has 0 radical (unpaired) electrons. The molecule has 5 nitrogen and oxygen atoms in total. The van der Waals surface area contributed by atoms with E-state index in [9.17, 15) is 13.5 Å². The molecule has 0 aromatic heterocycles. The van der Waals surface area contributed by atoms with Gasteiger partial charge in [-0.05, 0) is 36.1 Å². The number of sulfonamides is 1. The van der Waals surface area contributed by atoms with E-state index in [-0.39, 0.29) is 11.4 Å². The lowest BCUT2D eigenvalue weighted by Gasteiger charge is -2.24. The number of ether oxygens (including phenoxy) is 1. The van der Waals surface area contributed by atoms with Gasteiger partial charge in [-0.3, -0.25) is 0 Å². The van der Waals surface area contributed by atoms with Crippen molar-refractivity contribution in [1.29, 1.82) is 0 Å². The molecule has 0 spiro atoms. The molecule has 6 heteroatoms. The predicted molar refractivity (Wildman–Crippen MR) is 106 cm³/mol. The Balaban J connectivity index is 1.75. The number of rotatable bonds is 7.